The molecule has 6 heteroatoms. The third-order valence-corrected chi connectivity index (χ3v) is 3.79. The van der Waals surface area contributed by atoms with Crippen molar-refractivity contribution in [3.05, 3.63) is 23.5 Å². The van der Waals surface area contributed by atoms with Gasteiger partial charge in [-0.2, -0.15) is 0 Å². The maximum absolute atomic E-state index is 14.2. The number of hydrogen-bond acceptors (Lipinski definition) is 4. The topological polar surface area (TPSA) is 47.9 Å². The Morgan fingerprint density at radius 1 is 1.45 bits per heavy atom. The fourth-order valence-electron chi connectivity index (χ4n) is 2.78. The molecule has 2 atom stereocenters. The van der Waals surface area contributed by atoms with Crippen molar-refractivity contribution in [3.8, 4) is 5.75 Å². The van der Waals surface area contributed by atoms with Gasteiger partial charge in [-0.05, 0) is 30.8 Å². The normalized spacial score (nSPS) is 25.6. The fraction of sp³-hybridized carbons (Fsp3) is 0.571. The quantitative estimate of drug-likeness (QED) is 0.859. The zero-order valence-corrected chi connectivity index (χ0v) is 11.5. The van der Waals surface area contributed by atoms with E-state index in [1.165, 1.54) is 6.07 Å². The number of fused-ring (bicyclic) bond motifs is 1. The number of rotatable bonds is 3. The first-order valence-electron chi connectivity index (χ1n) is 7.14. The molecule has 0 aliphatic carbocycles. The molecule has 0 radical (unpaired) electrons. The largest absolute Gasteiger partial charge is 0.492 e. The van der Waals surface area contributed by atoms with E-state index in [1.54, 1.807) is 6.07 Å². The van der Waals surface area contributed by atoms with Crippen LogP contribution in [0.25, 0.3) is 0 Å². The van der Waals surface area contributed by atoms with Crippen molar-refractivity contribution in [2.75, 3.05) is 6.61 Å². The summed E-state index contributed by atoms with van der Waals surface area (Å²) in [5.41, 5.74) is 0.902. The van der Waals surface area contributed by atoms with Crippen LogP contribution in [-0.4, -0.2) is 25.0 Å². The van der Waals surface area contributed by atoms with Crippen LogP contribution in [0, 0.1) is 5.82 Å². The second-order valence-corrected chi connectivity index (χ2v) is 5.21. The molecule has 0 aromatic heterocycles. The monoisotopic (exact) mass is 280 g/mol. The highest BCUT2D eigenvalue weighted by Crippen LogP contribution is 2.31. The van der Waals surface area contributed by atoms with E-state index in [0.29, 0.717) is 29.8 Å². The predicted octanol–water partition coefficient (Wildman–Crippen LogP) is 1.90. The van der Waals surface area contributed by atoms with Gasteiger partial charge in [0.1, 0.15) is 11.6 Å². The van der Waals surface area contributed by atoms with E-state index in [9.17, 15) is 9.41 Å². The molecule has 2 unspecified atom stereocenters. The van der Waals surface area contributed by atoms with Crippen LogP contribution in [0.15, 0.2) is 12.1 Å². The molecule has 0 amide bonds. The molecule has 4 nitrogen and oxygen atoms in total. The van der Waals surface area contributed by atoms with Crippen LogP contribution in [0.3, 0.4) is 0 Å². The van der Waals surface area contributed by atoms with Gasteiger partial charge >= 0.3 is 7.12 Å². The van der Waals surface area contributed by atoms with E-state index >= 15 is 0 Å². The van der Waals surface area contributed by atoms with Crippen molar-refractivity contribution in [1.29, 1.82) is 0 Å². The number of ether oxygens (including phenoxy) is 2. The lowest BCUT2D eigenvalue weighted by Gasteiger charge is -2.23. The minimum atomic E-state index is -1.08. The fourth-order valence-corrected chi connectivity index (χ4v) is 2.78. The van der Waals surface area contributed by atoms with Gasteiger partial charge < -0.3 is 19.2 Å². The lowest BCUT2D eigenvalue weighted by molar-refractivity contribution is -0.105. The van der Waals surface area contributed by atoms with Gasteiger partial charge in [0, 0.05) is 18.1 Å². The van der Waals surface area contributed by atoms with Crippen molar-refractivity contribution in [2.24, 2.45) is 0 Å². The molecule has 2 aliphatic rings. The summed E-state index contributed by atoms with van der Waals surface area (Å²) in [6, 6.07) is 3.00. The van der Waals surface area contributed by atoms with Gasteiger partial charge in [-0.25, -0.2) is 4.39 Å². The van der Waals surface area contributed by atoms with Crippen molar-refractivity contribution in [3.63, 3.8) is 0 Å². The van der Waals surface area contributed by atoms with Crippen molar-refractivity contribution < 1.29 is 23.5 Å². The van der Waals surface area contributed by atoms with E-state index in [0.717, 1.165) is 19.3 Å². The van der Waals surface area contributed by atoms with Crippen LogP contribution in [0.1, 0.15) is 44.3 Å². The van der Waals surface area contributed by atoms with Gasteiger partial charge in [0.15, 0.2) is 6.29 Å². The minimum absolute atomic E-state index is 0.331. The van der Waals surface area contributed by atoms with E-state index in [4.69, 9.17) is 14.1 Å². The molecule has 3 rings (SSSR count). The molecule has 0 bridgehead atoms. The number of halogens is 1. The second-order valence-electron chi connectivity index (χ2n) is 5.21. The van der Waals surface area contributed by atoms with E-state index in [1.807, 2.05) is 6.92 Å². The zero-order valence-electron chi connectivity index (χ0n) is 11.5. The summed E-state index contributed by atoms with van der Waals surface area (Å²) in [5.74, 6) is -0.00994. The third kappa shape index (κ3) is 2.55. The predicted molar refractivity (Wildman–Crippen MR) is 72.3 cm³/mol. The Bertz CT molecular complexity index is 490. The Morgan fingerprint density at radius 2 is 2.30 bits per heavy atom. The summed E-state index contributed by atoms with van der Waals surface area (Å²) < 4.78 is 30.7. The van der Waals surface area contributed by atoms with Gasteiger partial charge in [0.25, 0.3) is 0 Å². The van der Waals surface area contributed by atoms with Crippen LogP contribution in [0.5, 0.6) is 5.75 Å². The average molecular weight is 280 g/mol. The Balaban J connectivity index is 1.84. The Kier molecular flexibility index (Phi) is 3.96. The number of benzene rings is 1. The van der Waals surface area contributed by atoms with Crippen LogP contribution >= 0.6 is 0 Å². The lowest BCUT2D eigenvalue weighted by atomic mass is 9.79. The highest BCUT2D eigenvalue weighted by Gasteiger charge is 2.37. The molecule has 0 spiro atoms. The van der Waals surface area contributed by atoms with Crippen LogP contribution in [-0.2, 0) is 9.39 Å². The van der Waals surface area contributed by atoms with E-state index < -0.39 is 12.9 Å². The van der Waals surface area contributed by atoms with Gasteiger partial charge in [0.05, 0.1) is 12.7 Å². The highest BCUT2D eigenvalue weighted by atomic mass is 19.1. The SMILES string of the molecule is CCC1OB(O)c2cc(OC3CCCCO3)cc(F)c21. The summed E-state index contributed by atoms with van der Waals surface area (Å²) in [6.45, 7) is 2.56. The summed E-state index contributed by atoms with van der Waals surface area (Å²) in [5, 5.41) is 9.86. The molecular formula is C14H18BFO4. The Morgan fingerprint density at radius 3 is 3.00 bits per heavy atom. The van der Waals surface area contributed by atoms with Gasteiger partial charge in [-0.3, -0.25) is 0 Å². The molecule has 1 aromatic rings. The first-order valence-corrected chi connectivity index (χ1v) is 7.14. The standard InChI is InChI=1S/C14H18BFO4/c1-2-12-14-10(15(17)20-12)7-9(8-11(14)16)19-13-5-3-4-6-18-13/h7-8,12-13,17H,2-6H2,1H3. The molecule has 1 fully saturated rings. The molecule has 108 valence electrons. The van der Waals surface area contributed by atoms with Gasteiger partial charge in [-0.1, -0.05) is 6.92 Å². The van der Waals surface area contributed by atoms with Crippen LogP contribution in [0.4, 0.5) is 4.39 Å². The third-order valence-electron chi connectivity index (χ3n) is 3.79. The van der Waals surface area contributed by atoms with Crippen molar-refractivity contribution in [2.45, 2.75) is 45.0 Å². The molecule has 1 N–H and O–H groups in total. The maximum Gasteiger partial charge on any atom is 0.492 e. The van der Waals surface area contributed by atoms with Crippen LogP contribution < -0.4 is 10.2 Å². The van der Waals surface area contributed by atoms with E-state index in [2.05, 4.69) is 0 Å². The van der Waals surface area contributed by atoms with Crippen molar-refractivity contribution >= 4 is 12.6 Å². The Labute approximate surface area is 118 Å². The summed E-state index contributed by atoms with van der Waals surface area (Å²) in [6.07, 6.45) is 2.77. The molecule has 1 saturated heterocycles. The van der Waals surface area contributed by atoms with Crippen molar-refractivity contribution in [1.82, 2.24) is 0 Å². The zero-order chi connectivity index (χ0) is 14.1. The molecule has 2 aliphatic heterocycles. The summed E-state index contributed by atoms with van der Waals surface area (Å²) in [7, 11) is -1.08. The summed E-state index contributed by atoms with van der Waals surface area (Å²) in [4.78, 5) is 0. The average Bonchev–Trinajstić information content (AvgIpc) is 2.77. The minimum Gasteiger partial charge on any atom is -0.465 e. The molecule has 1 aromatic carbocycles. The lowest BCUT2D eigenvalue weighted by Crippen LogP contribution is -2.30. The summed E-state index contributed by atoms with van der Waals surface area (Å²) >= 11 is 0. The highest BCUT2D eigenvalue weighted by molar-refractivity contribution is 6.61. The smallest absolute Gasteiger partial charge is 0.465 e. The number of hydrogen-bond donors (Lipinski definition) is 1. The van der Waals surface area contributed by atoms with Crippen LogP contribution in [0.2, 0.25) is 0 Å². The Hall–Kier alpha value is -1.11. The maximum atomic E-state index is 14.2. The van der Waals surface area contributed by atoms with Gasteiger partial charge in [0.2, 0.25) is 0 Å². The molecule has 2 heterocycles. The van der Waals surface area contributed by atoms with Gasteiger partial charge in [-0.15, -0.1) is 0 Å². The molecular weight excluding hydrogens is 262 g/mol. The molecule has 20 heavy (non-hydrogen) atoms. The second kappa shape index (κ2) is 5.72. The first kappa shape index (κ1) is 13.9. The van der Waals surface area contributed by atoms with E-state index in [-0.39, 0.29) is 12.4 Å². The first-order chi connectivity index (χ1) is 9.69. The molecule has 0 saturated carbocycles.